The van der Waals surface area contributed by atoms with Crippen molar-refractivity contribution in [1.82, 2.24) is 19.5 Å². The molecule has 0 spiro atoms. The van der Waals surface area contributed by atoms with Crippen LogP contribution in [0.5, 0.6) is 0 Å². The molecule has 0 unspecified atom stereocenters. The molecule has 8 aromatic carbocycles. The SMILES string of the molecule is c1cc(-c2nc(-c3cccc4ccccc34)nc(-c3cccc4c3sc3ccccc34)n2)cc(-n2c3ccccc3c3cc4ccccc4cc32)c1. The van der Waals surface area contributed by atoms with Crippen molar-refractivity contribution in [2.75, 3.05) is 0 Å². The lowest BCUT2D eigenvalue weighted by Crippen LogP contribution is -2.01. The summed E-state index contributed by atoms with van der Waals surface area (Å²) >= 11 is 1.79. The lowest BCUT2D eigenvalue weighted by Gasteiger charge is -2.13. The second kappa shape index (κ2) is 11.4. The summed E-state index contributed by atoms with van der Waals surface area (Å²) in [5, 5.41) is 9.64. The van der Waals surface area contributed by atoms with Gasteiger partial charge in [0.1, 0.15) is 0 Å². The summed E-state index contributed by atoms with van der Waals surface area (Å²) in [5.41, 5.74) is 6.30. The molecular weight excluding hydrogens is 653 g/mol. The van der Waals surface area contributed by atoms with Crippen molar-refractivity contribution >= 4 is 74.9 Å². The Morgan fingerprint density at radius 3 is 1.88 bits per heavy atom. The Morgan fingerprint density at radius 1 is 0.385 bits per heavy atom. The number of hydrogen-bond acceptors (Lipinski definition) is 4. The third-order valence-electron chi connectivity index (χ3n) is 10.2. The maximum absolute atomic E-state index is 5.26. The fourth-order valence-corrected chi connectivity index (χ4v) is 9.02. The number of thiophene rings is 1. The van der Waals surface area contributed by atoms with E-state index in [9.17, 15) is 0 Å². The smallest absolute Gasteiger partial charge is 0.165 e. The summed E-state index contributed by atoms with van der Waals surface area (Å²) in [4.78, 5) is 15.7. The van der Waals surface area contributed by atoms with Crippen LogP contribution in [0.15, 0.2) is 170 Å². The summed E-state index contributed by atoms with van der Waals surface area (Å²) in [6, 6.07) is 60.3. The molecule has 11 aromatic rings. The molecule has 0 aliphatic heterocycles. The molecule has 0 atom stereocenters. The van der Waals surface area contributed by atoms with Gasteiger partial charge in [-0.25, -0.2) is 15.0 Å². The van der Waals surface area contributed by atoms with Crippen molar-refractivity contribution in [3.05, 3.63) is 170 Å². The van der Waals surface area contributed by atoms with Gasteiger partial charge in [-0.15, -0.1) is 11.3 Å². The summed E-state index contributed by atoms with van der Waals surface area (Å²) in [5.74, 6) is 1.96. The third kappa shape index (κ3) is 4.50. The standard InChI is InChI=1S/C47H28N4S/c1-2-14-31-28-42-40(27-30(31)13-1)35-19-5-7-24-41(35)51(42)33-17-9-16-32(26-33)45-48-46(38-22-10-15-29-12-3-4-18-34(29)38)50-47(49-45)39-23-11-21-37-36-20-6-8-25-43(36)52-44(37)39/h1-28H. The van der Waals surface area contributed by atoms with Crippen LogP contribution in [0.3, 0.4) is 0 Å². The van der Waals surface area contributed by atoms with Crippen LogP contribution in [0.25, 0.3) is 103 Å². The Labute approximate surface area is 302 Å². The average Bonchev–Trinajstić information content (AvgIpc) is 3.75. The Kier molecular flexibility index (Phi) is 6.39. The Bertz CT molecular complexity index is 3200. The van der Waals surface area contributed by atoms with Gasteiger partial charge < -0.3 is 4.57 Å². The number of hydrogen-bond donors (Lipinski definition) is 0. The minimum absolute atomic E-state index is 0.638. The van der Waals surface area contributed by atoms with Gasteiger partial charge in [0.15, 0.2) is 17.5 Å². The summed E-state index contributed by atoms with van der Waals surface area (Å²) in [6.45, 7) is 0. The molecule has 0 saturated heterocycles. The van der Waals surface area contributed by atoms with E-state index in [4.69, 9.17) is 15.0 Å². The van der Waals surface area contributed by atoms with Crippen molar-refractivity contribution in [2.45, 2.75) is 0 Å². The molecule has 0 aliphatic carbocycles. The van der Waals surface area contributed by atoms with E-state index in [1.807, 2.05) is 0 Å². The summed E-state index contributed by atoms with van der Waals surface area (Å²) in [6.07, 6.45) is 0. The second-order valence-electron chi connectivity index (χ2n) is 13.2. The largest absolute Gasteiger partial charge is 0.309 e. The fourth-order valence-electron chi connectivity index (χ4n) is 7.81. The lowest BCUT2D eigenvalue weighted by molar-refractivity contribution is 1.08. The van der Waals surface area contributed by atoms with E-state index in [1.54, 1.807) is 11.3 Å². The topological polar surface area (TPSA) is 43.6 Å². The van der Waals surface area contributed by atoms with E-state index >= 15 is 0 Å². The number of nitrogens with zero attached hydrogens (tertiary/aromatic N) is 4. The molecule has 3 heterocycles. The maximum atomic E-state index is 5.26. The first kappa shape index (κ1) is 29.1. The Balaban J connectivity index is 1.16. The highest BCUT2D eigenvalue weighted by molar-refractivity contribution is 7.26. The van der Waals surface area contributed by atoms with Gasteiger partial charge in [-0.2, -0.15) is 0 Å². The molecule has 0 N–H and O–H groups in total. The van der Waals surface area contributed by atoms with Crippen molar-refractivity contribution in [2.24, 2.45) is 0 Å². The van der Waals surface area contributed by atoms with Crippen molar-refractivity contribution in [1.29, 1.82) is 0 Å². The van der Waals surface area contributed by atoms with Gasteiger partial charge in [-0.05, 0) is 64.0 Å². The van der Waals surface area contributed by atoms with Gasteiger partial charge in [0.25, 0.3) is 0 Å². The van der Waals surface area contributed by atoms with E-state index in [0.29, 0.717) is 17.5 Å². The molecular formula is C47H28N4S. The van der Waals surface area contributed by atoms with Gasteiger partial charge in [-0.3, -0.25) is 0 Å². The number of rotatable bonds is 4. The van der Waals surface area contributed by atoms with Gasteiger partial charge in [0.2, 0.25) is 0 Å². The highest BCUT2D eigenvalue weighted by atomic mass is 32.1. The minimum Gasteiger partial charge on any atom is -0.309 e. The van der Waals surface area contributed by atoms with E-state index in [1.165, 1.54) is 47.2 Å². The zero-order chi connectivity index (χ0) is 34.2. The lowest BCUT2D eigenvalue weighted by atomic mass is 10.0. The van der Waals surface area contributed by atoms with Gasteiger partial charge in [0.05, 0.1) is 11.0 Å². The molecule has 0 bridgehead atoms. The predicted molar refractivity (Wildman–Crippen MR) is 218 cm³/mol. The molecule has 4 nitrogen and oxygen atoms in total. The maximum Gasteiger partial charge on any atom is 0.165 e. The van der Waals surface area contributed by atoms with E-state index in [0.717, 1.165) is 38.7 Å². The molecule has 52 heavy (non-hydrogen) atoms. The van der Waals surface area contributed by atoms with Crippen molar-refractivity contribution in [3.8, 4) is 39.9 Å². The first-order chi connectivity index (χ1) is 25.8. The van der Waals surface area contributed by atoms with Crippen LogP contribution in [0.2, 0.25) is 0 Å². The molecule has 242 valence electrons. The highest BCUT2D eigenvalue weighted by Gasteiger charge is 2.19. The van der Waals surface area contributed by atoms with Gasteiger partial charge >= 0.3 is 0 Å². The van der Waals surface area contributed by atoms with Gasteiger partial charge in [0, 0.05) is 53.3 Å². The number of benzene rings is 8. The third-order valence-corrected chi connectivity index (χ3v) is 11.4. The second-order valence-corrected chi connectivity index (χ2v) is 14.3. The van der Waals surface area contributed by atoms with E-state index < -0.39 is 0 Å². The highest BCUT2D eigenvalue weighted by Crippen LogP contribution is 2.40. The molecule has 0 radical (unpaired) electrons. The van der Waals surface area contributed by atoms with Crippen molar-refractivity contribution in [3.63, 3.8) is 0 Å². The number of aromatic nitrogens is 4. The molecule has 3 aromatic heterocycles. The van der Waals surface area contributed by atoms with Crippen LogP contribution in [0, 0.1) is 0 Å². The minimum atomic E-state index is 0.638. The zero-order valence-electron chi connectivity index (χ0n) is 27.9. The number of para-hydroxylation sites is 1. The fraction of sp³-hybridized carbons (Fsp3) is 0. The zero-order valence-corrected chi connectivity index (χ0v) is 28.7. The average molecular weight is 681 g/mol. The molecule has 0 saturated carbocycles. The first-order valence-electron chi connectivity index (χ1n) is 17.4. The van der Waals surface area contributed by atoms with E-state index in [-0.39, 0.29) is 0 Å². The van der Waals surface area contributed by atoms with Crippen LogP contribution in [0.1, 0.15) is 0 Å². The van der Waals surface area contributed by atoms with Crippen LogP contribution >= 0.6 is 11.3 Å². The molecule has 0 amide bonds. The summed E-state index contributed by atoms with van der Waals surface area (Å²) in [7, 11) is 0. The van der Waals surface area contributed by atoms with Crippen LogP contribution in [0.4, 0.5) is 0 Å². The van der Waals surface area contributed by atoms with E-state index in [2.05, 4.69) is 174 Å². The van der Waals surface area contributed by atoms with Crippen LogP contribution < -0.4 is 0 Å². The Hall–Kier alpha value is -6.69. The van der Waals surface area contributed by atoms with Crippen LogP contribution in [-0.2, 0) is 0 Å². The predicted octanol–water partition coefficient (Wildman–Crippen LogP) is 12.6. The number of fused-ring (bicyclic) bond motifs is 8. The van der Waals surface area contributed by atoms with Gasteiger partial charge in [-0.1, -0.05) is 127 Å². The van der Waals surface area contributed by atoms with Crippen molar-refractivity contribution < 1.29 is 0 Å². The molecule has 11 rings (SSSR count). The first-order valence-corrected chi connectivity index (χ1v) is 18.3. The monoisotopic (exact) mass is 680 g/mol. The quantitative estimate of drug-likeness (QED) is 0.186. The molecule has 0 fully saturated rings. The Morgan fingerprint density at radius 2 is 1.00 bits per heavy atom. The molecule has 0 aliphatic rings. The molecule has 5 heteroatoms. The normalized spacial score (nSPS) is 11.8. The van der Waals surface area contributed by atoms with Crippen LogP contribution in [-0.4, -0.2) is 19.5 Å². The summed E-state index contributed by atoms with van der Waals surface area (Å²) < 4.78 is 4.79.